The van der Waals surface area contributed by atoms with Crippen LogP contribution in [0.25, 0.3) is 0 Å². The van der Waals surface area contributed by atoms with Gasteiger partial charge >= 0.3 is 5.97 Å². The van der Waals surface area contributed by atoms with Crippen molar-refractivity contribution in [3.63, 3.8) is 0 Å². The van der Waals surface area contributed by atoms with Crippen LogP contribution in [-0.4, -0.2) is 28.8 Å². The minimum absolute atomic E-state index is 0.607. The Morgan fingerprint density at radius 3 is 2.64 bits per heavy atom. The third kappa shape index (κ3) is 5.42. The fourth-order valence-corrected chi connectivity index (χ4v) is 1.07. The van der Waals surface area contributed by atoms with E-state index in [0.717, 1.165) is 12.8 Å². The minimum atomic E-state index is -1.02. The first kappa shape index (κ1) is 13.7. The molecule has 0 radical (unpaired) electrons. The first-order valence-electron chi connectivity index (χ1n) is 4.77. The van der Waals surface area contributed by atoms with Gasteiger partial charge in [-0.1, -0.05) is 24.9 Å². The summed E-state index contributed by atoms with van der Waals surface area (Å²) >= 11 is 5.72. The van der Waals surface area contributed by atoms with Gasteiger partial charge in [-0.3, -0.25) is 4.79 Å². The van der Waals surface area contributed by atoms with Crippen molar-refractivity contribution in [3.8, 4) is 0 Å². The highest BCUT2D eigenvalue weighted by Gasteiger charge is 2.22. The molecule has 0 aromatic carbocycles. The van der Waals surface area contributed by atoms with Crippen LogP contribution in [0, 0.1) is 0 Å². The molecule has 0 fully saturated rings. The molecule has 0 bridgehead atoms. The zero-order chi connectivity index (χ0) is 11.1. The molecule has 0 spiro atoms. The third-order valence-corrected chi connectivity index (χ3v) is 2.13. The summed E-state index contributed by atoms with van der Waals surface area (Å²) in [7, 11) is 0. The first-order valence-corrected chi connectivity index (χ1v) is 5.20. The summed E-state index contributed by atoms with van der Waals surface area (Å²) in [5.74, 6) is -0.656. The lowest BCUT2D eigenvalue weighted by molar-refractivity contribution is -0.149. The first-order chi connectivity index (χ1) is 6.49. The van der Waals surface area contributed by atoms with E-state index < -0.39 is 23.7 Å². The lowest BCUT2D eigenvalue weighted by Gasteiger charge is -2.16. The van der Waals surface area contributed by atoms with Crippen LogP contribution in [0.3, 0.4) is 0 Å². The number of ether oxygens (including phenoxy) is 1. The number of aliphatic hydroxyl groups is 1. The average molecular weight is 224 g/mol. The van der Waals surface area contributed by atoms with Crippen LogP contribution in [0.4, 0.5) is 0 Å². The summed E-state index contributed by atoms with van der Waals surface area (Å²) in [6.07, 6.45) is 1.57. The summed E-state index contributed by atoms with van der Waals surface area (Å²) in [6.45, 7) is 3.45. The molecule has 0 aliphatic carbocycles. The van der Waals surface area contributed by atoms with Crippen LogP contribution in [0.5, 0.6) is 0 Å². The molecule has 0 saturated carbocycles. The van der Waals surface area contributed by atoms with Crippen LogP contribution >= 0.6 is 11.6 Å². The second-order valence-electron chi connectivity index (χ2n) is 3.26. The van der Waals surface area contributed by atoms with Gasteiger partial charge in [-0.2, -0.15) is 0 Å². The van der Waals surface area contributed by atoms with Gasteiger partial charge in [0.05, 0.1) is 6.10 Å². The summed E-state index contributed by atoms with van der Waals surface area (Å²) in [5, 5.41) is 9.01. The summed E-state index contributed by atoms with van der Waals surface area (Å²) in [4.78, 5) is 11.2. The number of halogens is 1. The largest absolute Gasteiger partial charge is 0.445 e. The minimum Gasteiger partial charge on any atom is -0.445 e. The van der Waals surface area contributed by atoms with E-state index in [2.05, 4.69) is 0 Å². The molecule has 0 rings (SSSR count). The predicted octanol–water partition coefficient (Wildman–Crippen LogP) is 0.993. The normalized spacial score (nSPS) is 17.2. The second-order valence-corrected chi connectivity index (χ2v) is 3.74. The topological polar surface area (TPSA) is 72.5 Å². The molecule has 1 unspecified atom stereocenters. The van der Waals surface area contributed by atoms with Gasteiger partial charge in [-0.05, 0) is 19.8 Å². The number of rotatable bonds is 6. The molecular formula is C9H18ClNO3. The number of esters is 1. The monoisotopic (exact) mass is 223 g/mol. The van der Waals surface area contributed by atoms with Crippen molar-refractivity contribution in [1.29, 1.82) is 0 Å². The standard InChI is InChI=1S/C9H18ClNO3/c1-3-4-5-7(10)14-9(13)8(11)6(2)12/h6-8,12H,3-5,11H2,1-2H3/t6-,7?,8+/m1/s1. The van der Waals surface area contributed by atoms with E-state index in [-0.39, 0.29) is 0 Å². The Labute approximate surface area is 89.4 Å². The number of aliphatic hydroxyl groups excluding tert-OH is 1. The molecule has 0 saturated heterocycles. The molecule has 4 nitrogen and oxygen atoms in total. The lowest BCUT2D eigenvalue weighted by atomic mass is 10.2. The van der Waals surface area contributed by atoms with Gasteiger partial charge in [0.1, 0.15) is 6.04 Å². The van der Waals surface area contributed by atoms with Gasteiger partial charge in [-0.25, -0.2) is 0 Å². The fraction of sp³-hybridized carbons (Fsp3) is 0.889. The Kier molecular flexibility index (Phi) is 6.87. The molecule has 0 heterocycles. The Morgan fingerprint density at radius 1 is 1.64 bits per heavy atom. The number of alkyl halides is 1. The summed E-state index contributed by atoms with van der Waals surface area (Å²) in [6, 6.07) is -1.02. The number of carbonyl (C=O) groups excluding carboxylic acids is 1. The average Bonchev–Trinajstić information content (AvgIpc) is 2.13. The quantitative estimate of drug-likeness (QED) is 0.521. The Balaban J connectivity index is 3.81. The lowest BCUT2D eigenvalue weighted by Crippen LogP contribution is -2.42. The molecule has 0 amide bonds. The van der Waals surface area contributed by atoms with E-state index in [4.69, 9.17) is 27.2 Å². The summed E-state index contributed by atoms with van der Waals surface area (Å²) < 4.78 is 4.82. The smallest absolute Gasteiger partial charge is 0.327 e. The van der Waals surface area contributed by atoms with Gasteiger partial charge in [0.2, 0.25) is 0 Å². The van der Waals surface area contributed by atoms with Gasteiger partial charge in [0.15, 0.2) is 5.56 Å². The van der Waals surface area contributed by atoms with Gasteiger partial charge < -0.3 is 15.6 Å². The van der Waals surface area contributed by atoms with E-state index in [1.165, 1.54) is 6.92 Å². The van der Waals surface area contributed by atoms with Crippen molar-refractivity contribution in [2.75, 3.05) is 0 Å². The van der Waals surface area contributed by atoms with E-state index >= 15 is 0 Å². The van der Waals surface area contributed by atoms with E-state index in [1.807, 2.05) is 6.92 Å². The van der Waals surface area contributed by atoms with E-state index in [9.17, 15) is 4.79 Å². The molecule has 14 heavy (non-hydrogen) atoms. The Bertz CT molecular complexity index is 175. The maximum absolute atomic E-state index is 11.2. The van der Waals surface area contributed by atoms with Crippen molar-refractivity contribution in [1.82, 2.24) is 0 Å². The predicted molar refractivity (Wildman–Crippen MR) is 54.9 cm³/mol. The molecule has 0 aromatic rings. The number of unbranched alkanes of at least 4 members (excludes halogenated alkanes) is 1. The molecular weight excluding hydrogens is 206 g/mol. The maximum atomic E-state index is 11.2. The van der Waals surface area contributed by atoms with Gasteiger partial charge in [-0.15, -0.1) is 0 Å². The second kappa shape index (κ2) is 7.04. The number of hydrogen-bond acceptors (Lipinski definition) is 4. The highest BCUT2D eigenvalue weighted by Crippen LogP contribution is 2.10. The van der Waals surface area contributed by atoms with Crippen LogP contribution in [0.2, 0.25) is 0 Å². The van der Waals surface area contributed by atoms with Crippen LogP contribution in [-0.2, 0) is 9.53 Å². The maximum Gasteiger partial charge on any atom is 0.327 e. The third-order valence-electron chi connectivity index (χ3n) is 1.82. The van der Waals surface area contributed by atoms with Crippen molar-refractivity contribution in [3.05, 3.63) is 0 Å². The molecule has 0 aromatic heterocycles. The Morgan fingerprint density at radius 2 is 2.21 bits per heavy atom. The van der Waals surface area contributed by atoms with Crippen molar-refractivity contribution in [2.45, 2.75) is 50.8 Å². The molecule has 3 N–H and O–H groups in total. The van der Waals surface area contributed by atoms with Crippen LogP contribution < -0.4 is 5.73 Å². The van der Waals surface area contributed by atoms with Crippen LogP contribution in [0.1, 0.15) is 33.1 Å². The molecule has 5 heteroatoms. The van der Waals surface area contributed by atoms with Crippen molar-refractivity contribution < 1.29 is 14.6 Å². The van der Waals surface area contributed by atoms with E-state index in [0.29, 0.717) is 6.42 Å². The van der Waals surface area contributed by atoms with Crippen molar-refractivity contribution >= 4 is 17.6 Å². The van der Waals surface area contributed by atoms with Gasteiger partial charge in [0.25, 0.3) is 0 Å². The Hall–Kier alpha value is -0.320. The number of carbonyl (C=O) groups is 1. The highest BCUT2D eigenvalue weighted by atomic mass is 35.5. The number of hydrogen-bond donors (Lipinski definition) is 2. The summed E-state index contributed by atoms with van der Waals surface area (Å²) in [5.41, 5.74) is 4.71. The number of nitrogens with two attached hydrogens (primary N) is 1. The van der Waals surface area contributed by atoms with E-state index in [1.54, 1.807) is 0 Å². The zero-order valence-corrected chi connectivity index (χ0v) is 9.33. The van der Waals surface area contributed by atoms with Crippen molar-refractivity contribution in [2.24, 2.45) is 5.73 Å². The molecule has 0 aliphatic rings. The molecule has 0 aliphatic heterocycles. The van der Waals surface area contributed by atoms with Gasteiger partial charge in [0, 0.05) is 0 Å². The zero-order valence-electron chi connectivity index (χ0n) is 8.57. The molecule has 3 atom stereocenters. The van der Waals surface area contributed by atoms with Crippen LogP contribution in [0.15, 0.2) is 0 Å². The molecule has 84 valence electrons. The fourth-order valence-electron chi connectivity index (χ4n) is 0.825. The SMILES string of the molecule is CCCCC(Cl)OC(=O)[C@@H](N)[C@@H](C)O. The highest BCUT2D eigenvalue weighted by molar-refractivity contribution is 6.20.